The topological polar surface area (TPSA) is 117 Å². The van der Waals surface area contributed by atoms with E-state index in [1.54, 1.807) is 39.8 Å². The maximum Gasteiger partial charge on any atom is 0.268 e. The quantitative estimate of drug-likeness (QED) is 0.220. The lowest BCUT2D eigenvalue weighted by molar-refractivity contribution is -0.138. The van der Waals surface area contributed by atoms with Crippen LogP contribution in [0.15, 0.2) is 115 Å². The molecule has 8 rings (SSSR count). The van der Waals surface area contributed by atoms with Crippen LogP contribution in [0.1, 0.15) is 42.9 Å². The second kappa shape index (κ2) is 13.9. The van der Waals surface area contributed by atoms with E-state index in [0.717, 1.165) is 29.9 Å². The normalized spacial score (nSPS) is 22.8. The number of aliphatic hydroxyl groups excluding tert-OH is 1. The molecule has 4 aliphatic rings. The van der Waals surface area contributed by atoms with Crippen molar-refractivity contribution < 1.29 is 24.6 Å². The number of hydrogen-bond donors (Lipinski definition) is 3. The Kier molecular flexibility index (Phi) is 9.14. The Bertz CT molecular complexity index is 2050. The van der Waals surface area contributed by atoms with Gasteiger partial charge in [0.1, 0.15) is 5.54 Å². The summed E-state index contributed by atoms with van der Waals surface area (Å²) >= 11 is 0. The van der Waals surface area contributed by atoms with Gasteiger partial charge in [-0.2, -0.15) is 0 Å². The zero-order valence-electron chi connectivity index (χ0n) is 29.9. The van der Waals surface area contributed by atoms with Crippen molar-refractivity contribution in [2.45, 2.75) is 56.3 Å². The zero-order valence-corrected chi connectivity index (χ0v) is 29.9. The summed E-state index contributed by atoms with van der Waals surface area (Å²) in [5.74, 6) is -1.36. The van der Waals surface area contributed by atoms with Gasteiger partial charge in [0.25, 0.3) is 11.8 Å². The van der Waals surface area contributed by atoms with Crippen LogP contribution >= 0.6 is 0 Å². The van der Waals surface area contributed by atoms with Gasteiger partial charge in [-0.3, -0.25) is 24.2 Å². The molecule has 0 radical (unpaired) electrons. The van der Waals surface area contributed by atoms with E-state index in [9.17, 15) is 24.6 Å². The molecule has 0 aromatic heterocycles. The van der Waals surface area contributed by atoms with Crippen LogP contribution in [-0.2, 0) is 33.0 Å². The molecule has 2 fully saturated rings. The molecule has 0 saturated carbocycles. The molecule has 0 bridgehead atoms. The maximum atomic E-state index is 14.5. The number of hydrogen-bond acceptors (Lipinski definition) is 7. The SMILES string of the molecule is C[C@@H](/C=C/CC(=O)N1Cc2ccccc2C[C@H]1CO)[C@]1(O)C(=O)N(c2ccccc2)c2ccc(N3CN(c4ccccc4)C4(CCNCC4)C3=O)cc21. The largest absolute Gasteiger partial charge is 0.394 e. The number of fused-ring (bicyclic) bond motifs is 2. The van der Waals surface area contributed by atoms with Crippen molar-refractivity contribution in [2.75, 3.05) is 41.1 Å². The minimum absolute atomic E-state index is 0.00329. The lowest BCUT2D eigenvalue weighted by Gasteiger charge is -2.39. The Morgan fingerprint density at radius 3 is 2.23 bits per heavy atom. The van der Waals surface area contributed by atoms with Crippen LogP contribution in [0.4, 0.5) is 22.7 Å². The number of carbonyl (C=O) groups excluding carboxylic acids is 3. The molecular weight excluding hydrogens is 667 g/mol. The van der Waals surface area contributed by atoms with Crippen molar-refractivity contribution in [3.8, 4) is 0 Å². The highest BCUT2D eigenvalue weighted by molar-refractivity contribution is 6.13. The molecule has 3 atom stereocenters. The average molecular weight is 712 g/mol. The summed E-state index contributed by atoms with van der Waals surface area (Å²) < 4.78 is 0. The molecule has 0 aliphatic carbocycles. The number of anilines is 4. The van der Waals surface area contributed by atoms with Crippen molar-refractivity contribution in [1.29, 1.82) is 0 Å². The van der Waals surface area contributed by atoms with E-state index in [-0.39, 0.29) is 30.9 Å². The third kappa shape index (κ3) is 5.82. The summed E-state index contributed by atoms with van der Waals surface area (Å²) in [7, 11) is 0. The monoisotopic (exact) mass is 711 g/mol. The Morgan fingerprint density at radius 1 is 0.868 bits per heavy atom. The van der Waals surface area contributed by atoms with Gasteiger partial charge >= 0.3 is 0 Å². The third-order valence-electron chi connectivity index (χ3n) is 11.7. The van der Waals surface area contributed by atoms with E-state index in [1.807, 2.05) is 97.1 Å². The molecule has 3 N–H and O–H groups in total. The number of nitrogens with zero attached hydrogens (tertiary/aromatic N) is 4. The van der Waals surface area contributed by atoms with Crippen LogP contribution in [0.3, 0.4) is 0 Å². The van der Waals surface area contributed by atoms with E-state index in [4.69, 9.17) is 0 Å². The van der Waals surface area contributed by atoms with Gasteiger partial charge in [0.15, 0.2) is 5.60 Å². The van der Waals surface area contributed by atoms with E-state index >= 15 is 0 Å². The highest BCUT2D eigenvalue weighted by Crippen LogP contribution is 2.50. The van der Waals surface area contributed by atoms with Gasteiger partial charge in [-0.05, 0) is 85.9 Å². The van der Waals surface area contributed by atoms with Gasteiger partial charge in [0, 0.05) is 41.5 Å². The minimum Gasteiger partial charge on any atom is -0.394 e. The summed E-state index contributed by atoms with van der Waals surface area (Å²) in [5, 5.41) is 26.1. The van der Waals surface area contributed by atoms with Gasteiger partial charge in [0.2, 0.25) is 5.91 Å². The molecular formula is C43H45N5O5. The van der Waals surface area contributed by atoms with Crippen LogP contribution in [0.5, 0.6) is 0 Å². The van der Waals surface area contributed by atoms with Crippen LogP contribution in [0.2, 0.25) is 0 Å². The minimum atomic E-state index is -1.98. The van der Waals surface area contributed by atoms with Gasteiger partial charge in [-0.25, -0.2) is 0 Å². The van der Waals surface area contributed by atoms with Crippen molar-refractivity contribution in [3.05, 3.63) is 132 Å². The maximum absolute atomic E-state index is 14.5. The van der Waals surface area contributed by atoms with Crippen LogP contribution in [0.25, 0.3) is 0 Å². The molecule has 4 heterocycles. The summed E-state index contributed by atoms with van der Waals surface area (Å²) in [6.45, 7) is 3.85. The first-order valence-corrected chi connectivity index (χ1v) is 18.5. The first-order valence-electron chi connectivity index (χ1n) is 18.5. The Balaban J connectivity index is 1.11. The summed E-state index contributed by atoms with van der Waals surface area (Å²) in [4.78, 5) is 49.8. The predicted octanol–water partition coefficient (Wildman–Crippen LogP) is 5.01. The van der Waals surface area contributed by atoms with Gasteiger partial charge in [0.05, 0.1) is 25.0 Å². The fourth-order valence-electron chi connectivity index (χ4n) is 8.70. The van der Waals surface area contributed by atoms with Crippen molar-refractivity contribution in [1.82, 2.24) is 10.2 Å². The number of carbonyl (C=O) groups is 3. The second-order valence-electron chi connectivity index (χ2n) is 14.6. The van der Waals surface area contributed by atoms with Crippen LogP contribution < -0.4 is 20.0 Å². The summed E-state index contributed by atoms with van der Waals surface area (Å²) in [6, 6.07) is 32.4. The van der Waals surface area contributed by atoms with Crippen LogP contribution in [0, 0.1) is 5.92 Å². The van der Waals surface area contributed by atoms with E-state index in [0.29, 0.717) is 55.1 Å². The Morgan fingerprint density at radius 2 is 1.53 bits per heavy atom. The van der Waals surface area contributed by atoms with Crippen molar-refractivity contribution >= 4 is 40.5 Å². The fourth-order valence-corrected chi connectivity index (χ4v) is 8.70. The first kappa shape index (κ1) is 34.8. The first-order chi connectivity index (χ1) is 25.8. The molecule has 0 unspecified atom stereocenters. The summed E-state index contributed by atoms with van der Waals surface area (Å²) in [6.07, 6.45) is 5.41. The molecule has 10 heteroatoms. The Hall–Kier alpha value is -5.29. The van der Waals surface area contributed by atoms with Crippen molar-refractivity contribution in [3.63, 3.8) is 0 Å². The zero-order chi connectivity index (χ0) is 36.7. The fraction of sp³-hybridized carbons (Fsp3) is 0.326. The Labute approximate surface area is 309 Å². The number of nitrogens with one attached hydrogen (secondary N) is 1. The molecule has 4 aromatic carbocycles. The van der Waals surface area contributed by atoms with Gasteiger partial charge < -0.3 is 25.3 Å². The van der Waals surface area contributed by atoms with E-state index in [1.165, 1.54) is 0 Å². The third-order valence-corrected chi connectivity index (χ3v) is 11.7. The molecule has 1 spiro atoms. The highest BCUT2D eigenvalue weighted by atomic mass is 16.3. The van der Waals surface area contributed by atoms with Crippen LogP contribution in [-0.4, -0.2) is 70.8 Å². The molecule has 10 nitrogen and oxygen atoms in total. The number of piperidine rings is 1. The number of aliphatic hydroxyl groups is 2. The van der Waals surface area contributed by atoms with Crippen molar-refractivity contribution in [2.24, 2.45) is 5.92 Å². The smallest absolute Gasteiger partial charge is 0.268 e. The average Bonchev–Trinajstić information content (AvgIpc) is 3.60. The predicted molar refractivity (Wildman–Crippen MR) is 205 cm³/mol. The highest BCUT2D eigenvalue weighted by Gasteiger charge is 2.56. The summed E-state index contributed by atoms with van der Waals surface area (Å²) in [5.41, 5.74) is 2.67. The molecule has 272 valence electrons. The van der Waals surface area contributed by atoms with E-state index in [2.05, 4.69) is 10.2 Å². The van der Waals surface area contributed by atoms with E-state index < -0.39 is 23.0 Å². The molecule has 2 saturated heterocycles. The molecule has 3 amide bonds. The number of para-hydroxylation sites is 2. The number of benzene rings is 4. The molecule has 4 aliphatic heterocycles. The second-order valence-corrected chi connectivity index (χ2v) is 14.6. The molecule has 4 aromatic rings. The number of amides is 3. The standard InChI is InChI=1S/C43H45N5O5/c1-30(11-10-18-39(50)45-27-32-13-9-8-12-31(32)25-36(45)28-49)43(53)37-26-35(19-20-38(37)48(41(43)52)34-16-6-3-7-17-34)46-29-47(33-14-4-2-5-15-33)42(40(46)51)21-23-44-24-22-42/h2-17,19-20,26,30,36,44,49,53H,18,21-25,27-29H2,1H3/b11-10+/t30-,36-,43+/m0/s1. The molecule has 53 heavy (non-hydrogen) atoms. The van der Waals surface area contributed by atoms with Gasteiger partial charge in [-0.15, -0.1) is 0 Å². The number of rotatable bonds is 8. The lowest BCUT2D eigenvalue weighted by Crippen LogP contribution is -2.55. The lowest BCUT2D eigenvalue weighted by atomic mass is 9.82. The van der Waals surface area contributed by atoms with Gasteiger partial charge in [-0.1, -0.05) is 79.7 Å².